The highest BCUT2D eigenvalue weighted by Gasteiger charge is 2.25. The van der Waals surface area contributed by atoms with Crippen molar-refractivity contribution in [2.75, 3.05) is 13.6 Å². The number of carbonyl (C=O) groups excluding carboxylic acids is 1. The van der Waals surface area contributed by atoms with Gasteiger partial charge in [-0.1, -0.05) is 35.3 Å². The van der Waals surface area contributed by atoms with Gasteiger partial charge in [-0.2, -0.15) is 9.41 Å². The molecule has 0 aliphatic rings. The number of nitrogens with one attached hydrogen (secondary N) is 1. The fraction of sp³-hybridized carbons (Fsp3) is 0.125. The predicted octanol–water partition coefficient (Wildman–Crippen LogP) is 2.67. The molecule has 2 rings (SSSR count). The summed E-state index contributed by atoms with van der Waals surface area (Å²) in [4.78, 5) is 22.1. The lowest BCUT2D eigenvalue weighted by molar-refractivity contribution is -0.385. The van der Waals surface area contributed by atoms with Crippen LogP contribution in [0.3, 0.4) is 0 Å². The van der Waals surface area contributed by atoms with Crippen molar-refractivity contribution in [3.63, 3.8) is 0 Å². The Bertz CT molecular complexity index is 1040. The number of halogens is 2. The average molecular weight is 445 g/mol. The molecule has 2 aromatic carbocycles. The number of rotatable bonds is 7. The molecule has 0 fully saturated rings. The fourth-order valence-electron chi connectivity index (χ4n) is 2.10. The Kier molecular flexibility index (Phi) is 7.08. The van der Waals surface area contributed by atoms with Gasteiger partial charge in [-0.3, -0.25) is 14.9 Å². The number of hydrazone groups is 1. The Labute approximate surface area is 170 Å². The van der Waals surface area contributed by atoms with Crippen LogP contribution in [0.5, 0.6) is 0 Å². The van der Waals surface area contributed by atoms with Crippen molar-refractivity contribution in [3.05, 3.63) is 68.2 Å². The highest BCUT2D eigenvalue weighted by molar-refractivity contribution is 7.89. The zero-order chi connectivity index (χ0) is 20.9. The molecule has 9 nitrogen and oxygen atoms in total. The highest BCUT2D eigenvalue weighted by Crippen LogP contribution is 2.27. The smallest absolute Gasteiger partial charge is 0.272 e. The van der Waals surface area contributed by atoms with E-state index < -0.39 is 27.4 Å². The van der Waals surface area contributed by atoms with Gasteiger partial charge in [0.25, 0.3) is 11.6 Å². The van der Waals surface area contributed by atoms with E-state index in [1.807, 2.05) is 0 Å². The van der Waals surface area contributed by atoms with Crippen LogP contribution in [0.25, 0.3) is 0 Å². The summed E-state index contributed by atoms with van der Waals surface area (Å²) in [6, 6.07) is 9.76. The van der Waals surface area contributed by atoms with Crippen molar-refractivity contribution in [1.29, 1.82) is 0 Å². The van der Waals surface area contributed by atoms with E-state index in [0.717, 1.165) is 10.5 Å². The zero-order valence-electron chi connectivity index (χ0n) is 14.4. The molecule has 0 heterocycles. The van der Waals surface area contributed by atoms with Crippen LogP contribution in [0.2, 0.25) is 10.0 Å². The van der Waals surface area contributed by atoms with E-state index in [0.29, 0.717) is 0 Å². The summed E-state index contributed by atoms with van der Waals surface area (Å²) in [5, 5.41) is 14.7. The molecule has 0 radical (unpaired) electrons. The topological polar surface area (TPSA) is 122 Å². The van der Waals surface area contributed by atoms with Crippen LogP contribution < -0.4 is 5.43 Å². The van der Waals surface area contributed by atoms with Crippen LogP contribution in [0, 0.1) is 10.1 Å². The molecule has 0 atom stereocenters. The molecule has 148 valence electrons. The molecule has 0 aliphatic heterocycles. The van der Waals surface area contributed by atoms with Gasteiger partial charge in [0, 0.05) is 18.1 Å². The van der Waals surface area contributed by atoms with Crippen molar-refractivity contribution in [2.45, 2.75) is 4.90 Å². The SMILES string of the molecule is CN(CC(=O)N/N=C\c1ccccc1[N+](=O)[O-])S(=O)(=O)c1cc(Cl)ccc1Cl. The Morgan fingerprint density at radius 2 is 1.96 bits per heavy atom. The molecule has 12 heteroatoms. The van der Waals surface area contributed by atoms with Crippen molar-refractivity contribution in [2.24, 2.45) is 5.10 Å². The number of benzene rings is 2. The number of amides is 1. The number of nitrogens with zero attached hydrogens (tertiary/aromatic N) is 3. The van der Waals surface area contributed by atoms with Crippen molar-refractivity contribution < 1.29 is 18.1 Å². The van der Waals surface area contributed by atoms with Crippen LogP contribution in [-0.2, 0) is 14.8 Å². The van der Waals surface area contributed by atoms with Gasteiger partial charge in [0.1, 0.15) is 4.90 Å². The lowest BCUT2D eigenvalue weighted by atomic mass is 10.2. The van der Waals surface area contributed by atoms with Crippen LogP contribution in [0.15, 0.2) is 52.5 Å². The monoisotopic (exact) mass is 444 g/mol. The number of nitro groups is 1. The summed E-state index contributed by atoms with van der Waals surface area (Å²) in [5.74, 6) is -0.751. The average Bonchev–Trinajstić information content (AvgIpc) is 2.63. The first-order valence-corrected chi connectivity index (χ1v) is 9.79. The number of nitro benzene ring substituents is 1. The first-order valence-electron chi connectivity index (χ1n) is 7.59. The molecule has 0 spiro atoms. The zero-order valence-corrected chi connectivity index (χ0v) is 16.7. The maximum absolute atomic E-state index is 12.5. The molecule has 0 unspecified atom stereocenters. The summed E-state index contributed by atoms with van der Waals surface area (Å²) in [7, 11) is -2.88. The normalized spacial score (nSPS) is 11.7. The molecular weight excluding hydrogens is 431 g/mol. The van der Waals surface area contributed by atoms with Gasteiger partial charge in [-0.25, -0.2) is 13.8 Å². The Balaban J connectivity index is 2.07. The fourth-order valence-corrected chi connectivity index (χ4v) is 3.96. The number of likely N-dealkylation sites (N-methyl/N-ethyl adjacent to an activating group) is 1. The molecule has 0 aromatic heterocycles. The molecular formula is C16H14Cl2N4O5S. The molecule has 0 saturated heterocycles. The van der Waals surface area contributed by atoms with Crippen LogP contribution >= 0.6 is 23.2 Å². The minimum absolute atomic E-state index is 0.0360. The summed E-state index contributed by atoms with van der Waals surface area (Å²) in [5.41, 5.74) is 2.12. The highest BCUT2D eigenvalue weighted by atomic mass is 35.5. The summed E-state index contributed by atoms with van der Waals surface area (Å²) in [6.45, 7) is -0.556. The Morgan fingerprint density at radius 1 is 1.29 bits per heavy atom. The first kappa shape index (κ1) is 21.8. The van der Waals surface area contributed by atoms with E-state index in [-0.39, 0.29) is 26.2 Å². The maximum Gasteiger partial charge on any atom is 0.278 e. The van der Waals surface area contributed by atoms with Crippen molar-refractivity contribution in [3.8, 4) is 0 Å². The number of para-hydroxylation sites is 1. The minimum atomic E-state index is -4.07. The number of sulfonamides is 1. The second kappa shape index (κ2) is 9.11. The van der Waals surface area contributed by atoms with Crippen molar-refractivity contribution in [1.82, 2.24) is 9.73 Å². The summed E-state index contributed by atoms with van der Waals surface area (Å²) < 4.78 is 25.9. The van der Waals surface area contributed by atoms with Crippen LogP contribution in [-0.4, -0.2) is 43.4 Å². The lowest BCUT2D eigenvalue weighted by Gasteiger charge is -2.17. The molecule has 28 heavy (non-hydrogen) atoms. The minimum Gasteiger partial charge on any atom is -0.272 e. The molecule has 1 N–H and O–H groups in total. The first-order chi connectivity index (χ1) is 13.1. The Hall–Kier alpha value is -2.53. The van der Waals surface area contributed by atoms with Gasteiger partial charge in [-0.05, 0) is 24.3 Å². The summed E-state index contributed by atoms with van der Waals surface area (Å²) in [6.07, 6.45) is 1.10. The lowest BCUT2D eigenvalue weighted by Crippen LogP contribution is -2.36. The Morgan fingerprint density at radius 3 is 2.64 bits per heavy atom. The molecule has 0 saturated carbocycles. The molecule has 0 bridgehead atoms. The number of carbonyl (C=O) groups is 1. The van der Waals surface area contributed by atoms with E-state index in [4.69, 9.17) is 23.2 Å². The van der Waals surface area contributed by atoms with Crippen LogP contribution in [0.1, 0.15) is 5.56 Å². The maximum atomic E-state index is 12.5. The third-order valence-corrected chi connectivity index (χ3v) is 5.99. The van der Waals surface area contributed by atoms with Gasteiger partial charge in [0.15, 0.2) is 0 Å². The molecule has 0 aliphatic carbocycles. The number of hydrogen-bond donors (Lipinski definition) is 1. The molecule has 2 aromatic rings. The van der Waals surface area contributed by atoms with Gasteiger partial charge in [0.05, 0.1) is 28.3 Å². The van der Waals surface area contributed by atoms with Gasteiger partial charge >= 0.3 is 0 Å². The van der Waals surface area contributed by atoms with Crippen LogP contribution in [0.4, 0.5) is 5.69 Å². The predicted molar refractivity (Wildman–Crippen MR) is 105 cm³/mol. The molecule has 1 amide bonds. The number of hydrogen-bond acceptors (Lipinski definition) is 6. The second-order valence-corrected chi connectivity index (χ2v) is 8.30. The largest absolute Gasteiger partial charge is 0.278 e. The van der Waals surface area contributed by atoms with Gasteiger partial charge in [-0.15, -0.1) is 0 Å². The van der Waals surface area contributed by atoms with Crippen molar-refractivity contribution >= 4 is 51.0 Å². The van der Waals surface area contributed by atoms with E-state index in [1.165, 1.54) is 43.4 Å². The summed E-state index contributed by atoms with van der Waals surface area (Å²) >= 11 is 11.7. The van der Waals surface area contributed by atoms with E-state index in [1.54, 1.807) is 6.07 Å². The second-order valence-electron chi connectivity index (χ2n) is 5.44. The van der Waals surface area contributed by atoms with Gasteiger partial charge in [0.2, 0.25) is 10.0 Å². The van der Waals surface area contributed by atoms with E-state index >= 15 is 0 Å². The third kappa shape index (κ3) is 5.26. The van der Waals surface area contributed by atoms with Gasteiger partial charge < -0.3 is 0 Å². The van der Waals surface area contributed by atoms with E-state index in [2.05, 4.69) is 10.5 Å². The standard InChI is InChI=1S/C16H14Cl2N4O5S/c1-21(28(26,27)15-8-12(17)6-7-13(15)18)10-16(23)20-19-9-11-4-2-3-5-14(11)22(24)25/h2-9H,10H2,1H3,(H,20,23)/b19-9-. The quantitative estimate of drug-likeness (QED) is 0.399. The van der Waals surface area contributed by atoms with E-state index in [9.17, 15) is 23.3 Å². The third-order valence-electron chi connectivity index (χ3n) is 3.47.